The minimum absolute atomic E-state index is 0. The Morgan fingerprint density at radius 2 is 1.18 bits per heavy atom. The molecule has 0 unspecified atom stereocenters. The fourth-order valence-electron chi connectivity index (χ4n) is 6.97. The molecule has 34 heavy (non-hydrogen) atoms. The first kappa shape index (κ1) is 34.5. The van der Waals surface area contributed by atoms with Gasteiger partial charge in [0.05, 0.1) is 6.10 Å². The van der Waals surface area contributed by atoms with Crippen molar-refractivity contribution in [2.24, 2.45) is 5.92 Å². The van der Waals surface area contributed by atoms with Gasteiger partial charge in [0.25, 0.3) is 0 Å². The molecule has 0 aliphatic carbocycles. The second-order valence-corrected chi connectivity index (χ2v) is 23.2. The van der Waals surface area contributed by atoms with Crippen molar-refractivity contribution in [3.8, 4) is 0 Å². The molecule has 3 atom stereocenters. The monoisotopic (exact) mass is 504 g/mol. The second kappa shape index (κ2) is 15.0. The van der Waals surface area contributed by atoms with E-state index in [0.29, 0.717) is 39.2 Å². The molecule has 1 aliphatic heterocycles. The van der Waals surface area contributed by atoms with Crippen molar-refractivity contribution < 1.29 is 32.4 Å². The van der Waals surface area contributed by atoms with Gasteiger partial charge in [-0.3, -0.25) is 0 Å². The van der Waals surface area contributed by atoms with Crippen molar-refractivity contribution in [1.82, 2.24) is 0 Å². The third kappa shape index (κ3) is 7.75. The van der Waals surface area contributed by atoms with Crippen molar-refractivity contribution in [1.29, 1.82) is 0 Å². The maximum Gasteiger partial charge on any atom is 1.00 e. The Morgan fingerprint density at radius 1 is 0.735 bits per heavy atom. The molecule has 1 heterocycles. The van der Waals surface area contributed by atoms with Crippen LogP contribution in [-0.4, -0.2) is 35.4 Å². The van der Waals surface area contributed by atoms with Crippen LogP contribution in [-0.2, 0) is 13.6 Å². The zero-order valence-electron chi connectivity index (χ0n) is 25.3. The van der Waals surface area contributed by atoms with Gasteiger partial charge in [0.1, 0.15) is 0 Å². The van der Waals surface area contributed by atoms with Crippen LogP contribution < -0.4 is 18.9 Å². The molecule has 0 radical (unpaired) electrons. The van der Waals surface area contributed by atoms with Crippen LogP contribution in [0.25, 0.3) is 0 Å². The predicted octanol–water partition coefficient (Wildman–Crippen LogP) is 6.27. The van der Waals surface area contributed by atoms with Gasteiger partial charge < -0.3 is 19.9 Å². The molecule has 0 N–H and O–H groups in total. The zero-order chi connectivity index (χ0) is 25.6. The van der Waals surface area contributed by atoms with E-state index in [1.54, 1.807) is 0 Å². The van der Waals surface area contributed by atoms with Gasteiger partial charge in [-0.1, -0.05) is 90.0 Å². The topological polar surface area (TPSA) is 27.7 Å². The summed E-state index contributed by atoms with van der Waals surface area (Å²) in [5.74, 6) is 0.353. The summed E-state index contributed by atoms with van der Waals surface area (Å²) in [6.07, 6.45) is 8.73. The third-order valence-electron chi connectivity index (χ3n) is 8.55. The quantitative estimate of drug-likeness (QED) is 0.159. The van der Waals surface area contributed by atoms with E-state index >= 15 is 0 Å². The number of hydrogen-bond acceptors (Lipinski definition) is 3. The molecule has 6 heteroatoms. The molecule has 0 amide bonds. The van der Waals surface area contributed by atoms with E-state index in [4.69, 9.17) is 13.6 Å². The van der Waals surface area contributed by atoms with Gasteiger partial charge in [-0.2, -0.15) is 0 Å². The molecule has 0 saturated heterocycles. The number of hydrogen-bond donors (Lipinski definition) is 0. The van der Waals surface area contributed by atoms with Gasteiger partial charge in [-0.15, -0.1) is 0 Å². The Bertz CT molecular complexity index is 547. The first-order chi connectivity index (χ1) is 15.2. The molecule has 0 bridgehead atoms. The Morgan fingerprint density at radius 3 is 1.59 bits per heavy atom. The molecule has 0 aromatic heterocycles. The Labute approximate surface area is 228 Å². The van der Waals surface area contributed by atoms with Crippen LogP contribution in [0.4, 0.5) is 0 Å². The molecule has 3 nitrogen and oxygen atoms in total. The first-order valence-corrected chi connectivity index (χ1v) is 18.1. The second-order valence-electron chi connectivity index (χ2n) is 12.4. The summed E-state index contributed by atoms with van der Waals surface area (Å²) in [6.45, 7) is 31.5. The van der Waals surface area contributed by atoms with Gasteiger partial charge >= 0.3 is 18.9 Å². The van der Waals surface area contributed by atoms with Crippen LogP contribution >= 0.6 is 0 Å². The summed E-state index contributed by atoms with van der Waals surface area (Å²) in [4.78, 5) is 0. The van der Waals surface area contributed by atoms with Gasteiger partial charge in [0.15, 0.2) is 8.32 Å². The summed E-state index contributed by atoms with van der Waals surface area (Å²) in [5, 5.41) is 0. The van der Waals surface area contributed by atoms with Crippen LogP contribution in [0, 0.1) is 12.2 Å². The molecular weight excluding hydrogens is 447 g/mol. The maximum atomic E-state index is 7.08. The number of rotatable bonds is 14. The van der Waals surface area contributed by atoms with Gasteiger partial charge in [0, 0.05) is 18.6 Å². The Balaban J connectivity index is 0.0000109. The molecule has 0 saturated carbocycles. The average Bonchev–Trinajstić information content (AvgIpc) is 2.69. The third-order valence-corrected chi connectivity index (χ3v) is 20.8. The molecule has 1 aliphatic rings. The minimum Gasteiger partial charge on any atom is -0.691 e. The van der Waals surface area contributed by atoms with Crippen molar-refractivity contribution in [3.05, 3.63) is 12.3 Å². The van der Waals surface area contributed by atoms with Crippen LogP contribution in [0.15, 0.2) is 6.08 Å². The van der Waals surface area contributed by atoms with E-state index in [1.165, 1.54) is 0 Å². The van der Waals surface area contributed by atoms with Crippen LogP contribution in [0.5, 0.6) is 0 Å². The number of ether oxygens (including phenoxy) is 1. The van der Waals surface area contributed by atoms with Crippen molar-refractivity contribution in [3.63, 3.8) is 0 Å². The first-order valence-electron chi connectivity index (χ1n) is 13.8. The minimum atomic E-state index is -1.93. The standard InChI is InChI=1S/C28H57O3Si2.Li/c1-20(2)32(21(3)4,22(5)6)30-18-15-14-16-27-26(13)28(17-19-29-27)31-33(23(7)8,24(9)10)25(11)12;/h17,20-28H,14-16,18H2,1-13H3;/q-1;+1/t26-,27+,28-;/m0./s1. The smallest absolute Gasteiger partial charge is 0.691 e. The molecule has 0 fully saturated rings. The Kier molecular flexibility index (Phi) is 15.3. The summed E-state index contributed by atoms with van der Waals surface area (Å²) in [7, 11) is -3.69. The molecule has 196 valence electrons. The fourth-order valence-corrected chi connectivity index (χ4v) is 18.0. The van der Waals surface area contributed by atoms with E-state index < -0.39 is 16.6 Å². The van der Waals surface area contributed by atoms with Gasteiger partial charge in [-0.25, -0.2) is 6.08 Å². The van der Waals surface area contributed by atoms with E-state index in [0.717, 1.165) is 25.9 Å². The normalized spacial score (nSPS) is 21.8. The van der Waals surface area contributed by atoms with Gasteiger partial charge in [0.2, 0.25) is 8.32 Å². The van der Waals surface area contributed by atoms with E-state index in [1.807, 2.05) is 6.08 Å². The predicted molar refractivity (Wildman–Crippen MR) is 149 cm³/mol. The summed E-state index contributed by atoms with van der Waals surface area (Å²) in [6, 6.07) is 0. The van der Waals surface area contributed by atoms with E-state index in [-0.39, 0.29) is 31.1 Å². The van der Waals surface area contributed by atoms with E-state index in [2.05, 4.69) is 96.3 Å². The van der Waals surface area contributed by atoms with Crippen LogP contribution in [0.3, 0.4) is 0 Å². The molecule has 0 spiro atoms. The maximum absolute atomic E-state index is 7.08. The summed E-state index contributed by atoms with van der Waals surface area (Å²) in [5.41, 5.74) is 3.69. The fraction of sp³-hybridized carbons (Fsp3) is 0.929. The van der Waals surface area contributed by atoms with Crippen molar-refractivity contribution in [2.75, 3.05) is 6.61 Å². The average molecular weight is 505 g/mol. The molecule has 0 aromatic carbocycles. The van der Waals surface area contributed by atoms with Crippen LogP contribution in [0.1, 0.15) is 109 Å². The molecule has 1 rings (SSSR count). The largest absolute Gasteiger partial charge is 1.00 e. The SMILES string of the molecule is CC(C)[Si](OCCCC[C@H]1O[C-]=C[C@H](O[Si](C(C)C)(C(C)C)C(C)C)[C@H]1C)(C(C)C)C(C)C.[Li+]. The Hall–Kier alpha value is 0.491. The summed E-state index contributed by atoms with van der Waals surface area (Å²) < 4.78 is 19.8. The molecular formula is C28H57LiO3Si2. The van der Waals surface area contributed by atoms with Crippen molar-refractivity contribution in [2.45, 2.75) is 155 Å². The number of unbranched alkanes of at least 4 members (excludes halogenated alkanes) is 1. The van der Waals surface area contributed by atoms with E-state index in [9.17, 15) is 0 Å². The van der Waals surface area contributed by atoms with Gasteiger partial charge in [-0.05, 0) is 52.5 Å². The summed E-state index contributed by atoms with van der Waals surface area (Å²) >= 11 is 0. The zero-order valence-corrected chi connectivity index (χ0v) is 27.3. The van der Waals surface area contributed by atoms with Crippen LogP contribution in [0.2, 0.25) is 33.2 Å². The molecule has 0 aromatic rings. The van der Waals surface area contributed by atoms with Crippen molar-refractivity contribution >= 4 is 16.6 Å².